The molecule has 1 aromatic carbocycles. The number of aromatic amines is 1. The second kappa shape index (κ2) is 5.83. The molecule has 2 aromatic rings. The zero-order valence-corrected chi connectivity index (χ0v) is 12.1. The molecule has 0 atom stereocenters. The molecule has 9 heteroatoms. The average molecular weight is 308 g/mol. The van der Waals surface area contributed by atoms with Gasteiger partial charge in [0.2, 0.25) is 0 Å². The molecular formula is C12H12N4O4S. The van der Waals surface area contributed by atoms with Crippen LogP contribution in [-0.2, 0) is 11.8 Å². The highest BCUT2D eigenvalue weighted by atomic mass is 32.2. The fourth-order valence-electron chi connectivity index (χ4n) is 1.54. The van der Waals surface area contributed by atoms with Crippen LogP contribution in [0.3, 0.4) is 0 Å². The van der Waals surface area contributed by atoms with Gasteiger partial charge in [-0.05, 0) is 18.2 Å². The van der Waals surface area contributed by atoms with Gasteiger partial charge in [-0.25, -0.2) is 4.79 Å². The molecule has 0 saturated carbocycles. The van der Waals surface area contributed by atoms with Crippen molar-refractivity contribution >= 4 is 23.4 Å². The Bertz CT molecular complexity index is 812. The number of hydrogen-bond acceptors (Lipinski definition) is 7. The van der Waals surface area contributed by atoms with Crippen molar-refractivity contribution in [2.24, 2.45) is 7.05 Å². The van der Waals surface area contributed by atoms with Gasteiger partial charge in [0.25, 0.3) is 0 Å². The quantitative estimate of drug-likeness (QED) is 0.465. The number of hydrogen-bond donors (Lipinski definition) is 2. The van der Waals surface area contributed by atoms with E-state index < -0.39 is 17.1 Å². The minimum atomic E-state index is -0.876. The smallest absolute Gasteiger partial charge is 0.339 e. The summed E-state index contributed by atoms with van der Waals surface area (Å²) < 4.78 is 5.96. The summed E-state index contributed by atoms with van der Waals surface area (Å²) in [4.78, 5) is 38.3. The van der Waals surface area contributed by atoms with Crippen LogP contribution in [0.25, 0.3) is 0 Å². The maximum atomic E-state index is 11.6. The number of ether oxygens (including phenoxy) is 1. The van der Waals surface area contributed by atoms with Crippen LogP contribution in [0.5, 0.6) is 0 Å². The Labute approximate surface area is 122 Å². The van der Waals surface area contributed by atoms with Gasteiger partial charge in [-0.2, -0.15) is 4.98 Å². The molecule has 0 spiro atoms. The lowest BCUT2D eigenvalue weighted by molar-refractivity contribution is 0.0601. The first kappa shape index (κ1) is 14.9. The molecule has 0 aliphatic heterocycles. The van der Waals surface area contributed by atoms with E-state index >= 15 is 0 Å². The highest BCUT2D eigenvalue weighted by molar-refractivity contribution is 7.99. The highest BCUT2D eigenvalue weighted by Crippen LogP contribution is 2.27. The maximum Gasteiger partial charge on any atom is 0.339 e. The van der Waals surface area contributed by atoms with Gasteiger partial charge in [-0.3, -0.25) is 19.4 Å². The number of aryl methyl sites for hydroxylation is 1. The highest BCUT2D eigenvalue weighted by Gasteiger charge is 2.13. The van der Waals surface area contributed by atoms with Crippen LogP contribution in [0.2, 0.25) is 0 Å². The van der Waals surface area contributed by atoms with E-state index in [0.717, 1.165) is 11.8 Å². The second-order valence-electron chi connectivity index (χ2n) is 4.04. The van der Waals surface area contributed by atoms with Gasteiger partial charge in [0.15, 0.2) is 5.16 Å². The molecule has 110 valence electrons. The molecule has 8 nitrogen and oxygen atoms in total. The molecule has 0 bridgehead atoms. The number of methoxy groups -OCH3 is 1. The molecule has 0 aliphatic carbocycles. The van der Waals surface area contributed by atoms with E-state index in [1.807, 2.05) is 0 Å². The normalized spacial score (nSPS) is 10.4. The van der Waals surface area contributed by atoms with Crippen LogP contribution in [0.1, 0.15) is 10.4 Å². The number of benzene rings is 1. The summed E-state index contributed by atoms with van der Waals surface area (Å²) in [5.41, 5.74) is 4.54. The van der Waals surface area contributed by atoms with Gasteiger partial charge in [-0.15, -0.1) is 0 Å². The SMILES string of the molecule is COC(=O)c1cc(Sc2nc(=O)c(=O)[nH]n2C)ccc1N. The first-order valence-corrected chi connectivity index (χ1v) is 6.57. The van der Waals surface area contributed by atoms with Crippen LogP contribution in [0.4, 0.5) is 5.69 Å². The molecule has 1 heterocycles. The van der Waals surface area contributed by atoms with Crippen molar-refractivity contribution in [1.82, 2.24) is 14.8 Å². The van der Waals surface area contributed by atoms with Crippen molar-refractivity contribution in [1.29, 1.82) is 0 Å². The summed E-state index contributed by atoms with van der Waals surface area (Å²) in [5, 5.41) is 2.61. The summed E-state index contributed by atoms with van der Waals surface area (Å²) in [6.45, 7) is 0. The van der Waals surface area contributed by atoms with Crippen molar-refractivity contribution in [3.63, 3.8) is 0 Å². The van der Waals surface area contributed by atoms with E-state index in [1.165, 1.54) is 17.9 Å². The molecule has 21 heavy (non-hydrogen) atoms. The van der Waals surface area contributed by atoms with Gasteiger partial charge in [0.1, 0.15) is 0 Å². The fraction of sp³-hybridized carbons (Fsp3) is 0.167. The molecule has 0 aliphatic rings. The van der Waals surface area contributed by atoms with Gasteiger partial charge in [0, 0.05) is 17.6 Å². The predicted molar refractivity (Wildman–Crippen MR) is 76.4 cm³/mol. The Morgan fingerprint density at radius 2 is 2.14 bits per heavy atom. The number of anilines is 1. The summed E-state index contributed by atoms with van der Waals surface area (Å²) >= 11 is 1.11. The minimum absolute atomic E-state index is 0.219. The average Bonchev–Trinajstić information content (AvgIpc) is 2.45. The number of esters is 1. The number of nitrogens with zero attached hydrogens (tertiary/aromatic N) is 2. The van der Waals surface area contributed by atoms with E-state index in [1.54, 1.807) is 19.2 Å². The summed E-state index contributed by atoms with van der Waals surface area (Å²) in [6, 6.07) is 4.76. The number of nitrogen functional groups attached to an aromatic ring is 1. The lowest BCUT2D eigenvalue weighted by Gasteiger charge is -2.08. The van der Waals surface area contributed by atoms with Gasteiger partial charge >= 0.3 is 17.1 Å². The third-order valence-electron chi connectivity index (χ3n) is 2.59. The van der Waals surface area contributed by atoms with E-state index in [0.29, 0.717) is 4.90 Å². The molecule has 0 fully saturated rings. The molecule has 1 aromatic heterocycles. The van der Waals surface area contributed by atoms with Crippen molar-refractivity contribution in [3.8, 4) is 0 Å². The Balaban J connectivity index is 2.41. The number of carbonyl (C=O) groups excluding carboxylic acids is 1. The van der Waals surface area contributed by atoms with Crippen molar-refractivity contribution in [3.05, 3.63) is 44.5 Å². The summed E-state index contributed by atoms with van der Waals surface area (Å²) in [5.74, 6) is -0.557. The largest absolute Gasteiger partial charge is 0.465 e. The Morgan fingerprint density at radius 1 is 1.43 bits per heavy atom. The number of carbonyl (C=O) groups is 1. The van der Waals surface area contributed by atoms with Gasteiger partial charge < -0.3 is 10.5 Å². The van der Waals surface area contributed by atoms with Crippen LogP contribution in [0.15, 0.2) is 37.8 Å². The predicted octanol–water partition coefficient (Wildman–Crippen LogP) is -0.0114. The molecule has 0 amide bonds. The number of nitrogens with one attached hydrogen (secondary N) is 1. The van der Waals surface area contributed by atoms with E-state index in [4.69, 9.17) is 5.73 Å². The van der Waals surface area contributed by atoms with E-state index in [2.05, 4.69) is 14.8 Å². The molecule has 3 N–H and O–H groups in total. The molecule has 2 rings (SSSR count). The second-order valence-corrected chi connectivity index (χ2v) is 5.08. The Kier molecular flexibility index (Phi) is 4.13. The Morgan fingerprint density at radius 3 is 2.81 bits per heavy atom. The first-order valence-electron chi connectivity index (χ1n) is 5.75. The third-order valence-corrected chi connectivity index (χ3v) is 3.62. The first-order chi connectivity index (χ1) is 9.92. The van der Waals surface area contributed by atoms with Crippen molar-refractivity contribution in [2.75, 3.05) is 12.8 Å². The minimum Gasteiger partial charge on any atom is -0.465 e. The van der Waals surface area contributed by atoms with Gasteiger partial charge in [-0.1, -0.05) is 11.8 Å². The number of nitrogens with two attached hydrogens (primary N) is 1. The van der Waals surface area contributed by atoms with Crippen LogP contribution in [-0.4, -0.2) is 27.8 Å². The monoisotopic (exact) mass is 308 g/mol. The zero-order valence-electron chi connectivity index (χ0n) is 11.2. The third kappa shape index (κ3) is 3.14. The van der Waals surface area contributed by atoms with E-state index in [-0.39, 0.29) is 16.4 Å². The van der Waals surface area contributed by atoms with Crippen molar-refractivity contribution < 1.29 is 9.53 Å². The van der Waals surface area contributed by atoms with Crippen LogP contribution >= 0.6 is 11.8 Å². The van der Waals surface area contributed by atoms with E-state index in [9.17, 15) is 14.4 Å². The summed E-state index contributed by atoms with van der Waals surface area (Å²) in [7, 11) is 2.81. The Hall–Kier alpha value is -2.55. The van der Waals surface area contributed by atoms with Crippen LogP contribution < -0.4 is 16.9 Å². The fourth-order valence-corrected chi connectivity index (χ4v) is 2.38. The molecule has 0 radical (unpaired) electrons. The molecule has 0 saturated heterocycles. The van der Waals surface area contributed by atoms with Crippen LogP contribution in [0, 0.1) is 0 Å². The lowest BCUT2D eigenvalue weighted by Crippen LogP contribution is -2.33. The topological polar surface area (TPSA) is 120 Å². The summed E-state index contributed by atoms with van der Waals surface area (Å²) in [6.07, 6.45) is 0. The van der Waals surface area contributed by atoms with Crippen molar-refractivity contribution in [2.45, 2.75) is 10.1 Å². The molecular weight excluding hydrogens is 296 g/mol. The molecule has 0 unspecified atom stereocenters. The number of rotatable bonds is 3. The maximum absolute atomic E-state index is 11.6. The zero-order chi connectivity index (χ0) is 15.6. The number of aromatic nitrogens is 3. The number of H-pyrrole nitrogens is 1. The lowest BCUT2D eigenvalue weighted by atomic mass is 10.2. The van der Waals surface area contributed by atoms with Gasteiger partial charge in [0.05, 0.1) is 12.7 Å². The standard InChI is InChI=1S/C12H12N4O4S/c1-16-12(14-9(17)10(18)15-16)21-6-3-4-8(13)7(5-6)11(19)20-2/h3-5H,13H2,1-2H3,(H,15,18).